The zero-order valence-electron chi connectivity index (χ0n) is 7.46. The fraction of sp³-hybridized carbons (Fsp3) is 0.778. The van der Waals surface area contributed by atoms with Crippen LogP contribution in [0.15, 0.2) is 12.7 Å². The van der Waals surface area contributed by atoms with Gasteiger partial charge >= 0.3 is 0 Å². The summed E-state index contributed by atoms with van der Waals surface area (Å²) in [6.07, 6.45) is 2.05. The van der Waals surface area contributed by atoms with Crippen LogP contribution in [0.1, 0.15) is 20.3 Å². The highest BCUT2D eigenvalue weighted by Gasteiger charge is 2.19. The minimum absolute atomic E-state index is 0.202. The van der Waals surface area contributed by atoms with Gasteiger partial charge in [-0.25, -0.2) is 0 Å². The van der Waals surface area contributed by atoms with Crippen LogP contribution in [-0.4, -0.2) is 17.8 Å². The second-order valence-electron chi connectivity index (χ2n) is 3.24. The Morgan fingerprint density at radius 2 is 2.09 bits per heavy atom. The summed E-state index contributed by atoms with van der Waals surface area (Å²) in [4.78, 5) is 0. The van der Waals surface area contributed by atoms with Crippen molar-refractivity contribution in [2.75, 3.05) is 6.54 Å². The topological polar surface area (TPSA) is 46.2 Å². The summed E-state index contributed by atoms with van der Waals surface area (Å²) in [5.74, 6) is 0.642. The molecule has 0 aliphatic carbocycles. The van der Waals surface area contributed by atoms with Gasteiger partial charge in [-0.1, -0.05) is 19.9 Å². The zero-order chi connectivity index (χ0) is 8.85. The number of hydrogen-bond acceptors (Lipinski definition) is 2. The molecule has 0 saturated carbocycles. The number of rotatable bonds is 5. The van der Waals surface area contributed by atoms with Crippen molar-refractivity contribution in [1.82, 2.24) is 0 Å². The molecular weight excluding hydrogens is 138 g/mol. The molecule has 66 valence electrons. The first-order chi connectivity index (χ1) is 5.13. The average molecular weight is 157 g/mol. The number of hydrogen-bond donors (Lipinski definition) is 2. The van der Waals surface area contributed by atoms with Crippen LogP contribution >= 0.6 is 0 Å². The average Bonchev–Trinajstić information content (AvgIpc) is 1.88. The highest BCUT2D eigenvalue weighted by molar-refractivity contribution is 4.79. The SMILES string of the molecule is C=CCC(O)C(CN)C(C)C. The summed E-state index contributed by atoms with van der Waals surface area (Å²) in [5, 5.41) is 9.53. The smallest absolute Gasteiger partial charge is 0.0617 e. The molecule has 0 aromatic rings. The second kappa shape index (κ2) is 5.33. The van der Waals surface area contributed by atoms with Crippen molar-refractivity contribution < 1.29 is 5.11 Å². The van der Waals surface area contributed by atoms with Crippen molar-refractivity contribution >= 4 is 0 Å². The third-order valence-corrected chi connectivity index (χ3v) is 2.03. The highest BCUT2D eigenvalue weighted by atomic mass is 16.3. The molecule has 0 fully saturated rings. The van der Waals surface area contributed by atoms with E-state index in [1.165, 1.54) is 0 Å². The van der Waals surface area contributed by atoms with Crippen molar-refractivity contribution in [2.45, 2.75) is 26.4 Å². The van der Waals surface area contributed by atoms with Crippen LogP contribution in [0.5, 0.6) is 0 Å². The third kappa shape index (κ3) is 3.54. The van der Waals surface area contributed by atoms with Crippen LogP contribution < -0.4 is 5.73 Å². The normalized spacial score (nSPS) is 16.5. The summed E-state index contributed by atoms with van der Waals surface area (Å²) >= 11 is 0. The van der Waals surface area contributed by atoms with Crippen molar-refractivity contribution in [2.24, 2.45) is 17.6 Å². The van der Waals surface area contributed by atoms with E-state index >= 15 is 0 Å². The van der Waals surface area contributed by atoms with Crippen molar-refractivity contribution in [3.63, 3.8) is 0 Å². The fourth-order valence-electron chi connectivity index (χ4n) is 1.22. The minimum Gasteiger partial charge on any atom is -0.392 e. The van der Waals surface area contributed by atoms with E-state index in [2.05, 4.69) is 20.4 Å². The quantitative estimate of drug-likeness (QED) is 0.588. The van der Waals surface area contributed by atoms with Gasteiger partial charge in [0.1, 0.15) is 0 Å². The molecule has 2 unspecified atom stereocenters. The summed E-state index contributed by atoms with van der Waals surface area (Å²) < 4.78 is 0. The molecule has 0 saturated heterocycles. The Morgan fingerprint density at radius 1 is 1.55 bits per heavy atom. The molecule has 0 aromatic carbocycles. The Bertz CT molecular complexity index is 112. The van der Waals surface area contributed by atoms with Crippen LogP contribution in [0.2, 0.25) is 0 Å². The van der Waals surface area contributed by atoms with E-state index in [0.29, 0.717) is 18.9 Å². The van der Waals surface area contributed by atoms with Crippen molar-refractivity contribution in [3.05, 3.63) is 12.7 Å². The Labute approximate surface area is 69.1 Å². The van der Waals surface area contributed by atoms with Gasteiger partial charge in [-0.05, 0) is 24.8 Å². The first-order valence-corrected chi connectivity index (χ1v) is 4.12. The number of nitrogens with two attached hydrogens (primary N) is 1. The molecule has 0 bridgehead atoms. The fourth-order valence-corrected chi connectivity index (χ4v) is 1.22. The molecule has 11 heavy (non-hydrogen) atoms. The predicted octanol–water partition coefficient (Wildman–Crippen LogP) is 1.15. The monoisotopic (exact) mass is 157 g/mol. The third-order valence-electron chi connectivity index (χ3n) is 2.03. The lowest BCUT2D eigenvalue weighted by molar-refractivity contribution is 0.0887. The van der Waals surface area contributed by atoms with Crippen LogP contribution in [0, 0.1) is 11.8 Å². The molecule has 0 amide bonds. The van der Waals surface area contributed by atoms with Gasteiger partial charge < -0.3 is 10.8 Å². The summed E-state index contributed by atoms with van der Waals surface area (Å²) in [6.45, 7) is 8.27. The minimum atomic E-state index is -0.322. The molecule has 0 aliphatic heterocycles. The molecule has 2 atom stereocenters. The van der Waals surface area contributed by atoms with E-state index in [0.717, 1.165) is 0 Å². The van der Waals surface area contributed by atoms with Crippen LogP contribution in [-0.2, 0) is 0 Å². The van der Waals surface area contributed by atoms with Gasteiger partial charge in [-0.3, -0.25) is 0 Å². The van der Waals surface area contributed by atoms with E-state index in [9.17, 15) is 5.11 Å². The van der Waals surface area contributed by atoms with Crippen molar-refractivity contribution in [1.29, 1.82) is 0 Å². The maximum Gasteiger partial charge on any atom is 0.0617 e. The lowest BCUT2D eigenvalue weighted by atomic mass is 9.89. The van der Waals surface area contributed by atoms with Gasteiger partial charge in [0, 0.05) is 0 Å². The van der Waals surface area contributed by atoms with E-state index in [4.69, 9.17) is 5.73 Å². The molecular formula is C9H19NO. The molecule has 2 heteroatoms. The van der Waals surface area contributed by atoms with Crippen LogP contribution in [0.3, 0.4) is 0 Å². The standard InChI is InChI=1S/C9H19NO/c1-4-5-9(11)8(6-10)7(2)3/h4,7-9,11H,1,5-6,10H2,2-3H3. The van der Waals surface area contributed by atoms with Crippen molar-refractivity contribution in [3.8, 4) is 0 Å². The van der Waals surface area contributed by atoms with Gasteiger partial charge in [0.05, 0.1) is 6.10 Å². The Balaban J connectivity index is 3.90. The zero-order valence-corrected chi connectivity index (χ0v) is 7.46. The maximum atomic E-state index is 9.53. The van der Waals surface area contributed by atoms with E-state index in [-0.39, 0.29) is 12.0 Å². The van der Waals surface area contributed by atoms with Crippen LogP contribution in [0.4, 0.5) is 0 Å². The van der Waals surface area contributed by atoms with E-state index in [1.807, 2.05) is 0 Å². The lowest BCUT2D eigenvalue weighted by Gasteiger charge is -2.23. The second-order valence-corrected chi connectivity index (χ2v) is 3.24. The van der Waals surface area contributed by atoms with Gasteiger partial charge in [0.25, 0.3) is 0 Å². The molecule has 0 rings (SSSR count). The molecule has 0 heterocycles. The number of aliphatic hydroxyl groups is 1. The van der Waals surface area contributed by atoms with Crippen LogP contribution in [0.25, 0.3) is 0 Å². The summed E-state index contributed by atoms with van der Waals surface area (Å²) in [6, 6.07) is 0. The lowest BCUT2D eigenvalue weighted by Crippen LogP contribution is -2.31. The first kappa shape index (κ1) is 10.7. The molecule has 0 spiro atoms. The van der Waals surface area contributed by atoms with Gasteiger partial charge in [-0.2, -0.15) is 0 Å². The van der Waals surface area contributed by atoms with Gasteiger partial charge in [0.2, 0.25) is 0 Å². The highest BCUT2D eigenvalue weighted by Crippen LogP contribution is 2.16. The Kier molecular flexibility index (Phi) is 5.16. The summed E-state index contributed by atoms with van der Waals surface area (Å²) in [7, 11) is 0. The van der Waals surface area contributed by atoms with E-state index < -0.39 is 0 Å². The molecule has 0 aliphatic rings. The Morgan fingerprint density at radius 3 is 2.36 bits per heavy atom. The van der Waals surface area contributed by atoms with E-state index in [1.54, 1.807) is 6.08 Å². The first-order valence-electron chi connectivity index (χ1n) is 4.12. The predicted molar refractivity (Wildman–Crippen MR) is 48.2 cm³/mol. The molecule has 0 aromatic heterocycles. The molecule has 0 radical (unpaired) electrons. The molecule has 2 nitrogen and oxygen atoms in total. The largest absolute Gasteiger partial charge is 0.392 e. The number of aliphatic hydroxyl groups excluding tert-OH is 1. The molecule has 3 N–H and O–H groups in total. The Hall–Kier alpha value is -0.340. The van der Waals surface area contributed by atoms with Gasteiger partial charge in [0.15, 0.2) is 0 Å². The maximum absolute atomic E-state index is 9.53. The summed E-state index contributed by atoms with van der Waals surface area (Å²) in [5.41, 5.74) is 5.51. The van der Waals surface area contributed by atoms with Gasteiger partial charge in [-0.15, -0.1) is 6.58 Å².